The van der Waals surface area contributed by atoms with E-state index in [4.69, 9.17) is 9.52 Å². The molecule has 2 rings (SSSR count). The number of nitrogens with zero attached hydrogens (tertiary/aromatic N) is 1. The summed E-state index contributed by atoms with van der Waals surface area (Å²) in [6, 6.07) is 2.74. The Bertz CT molecular complexity index is 668. The Morgan fingerprint density at radius 2 is 2.28 bits per heavy atom. The number of nitrogens with one attached hydrogen (secondary N) is 1. The normalized spacial score (nSPS) is 12.3. The van der Waals surface area contributed by atoms with Crippen LogP contribution in [0, 0.1) is 5.82 Å². The number of aromatic nitrogens is 1. The second-order valence-corrected chi connectivity index (χ2v) is 3.67. The summed E-state index contributed by atoms with van der Waals surface area (Å²) in [5.41, 5.74) is -0.504. The van der Waals surface area contributed by atoms with Gasteiger partial charge in [-0.3, -0.25) is 0 Å². The molecule has 18 heavy (non-hydrogen) atoms. The minimum absolute atomic E-state index is 0.0151. The second kappa shape index (κ2) is 4.44. The first-order valence-electron chi connectivity index (χ1n) is 5.07. The molecule has 2 aromatic rings. The average Bonchev–Trinajstić information content (AvgIpc) is 2.29. The van der Waals surface area contributed by atoms with Crippen LogP contribution in [0.2, 0.25) is 0 Å². The molecular formula is C11H9FN2O4. The van der Waals surface area contributed by atoms with Gasteiger partial charge in [0.25, 0.3) is 0 Å². The van der Waals surface area contributed by atoms with Crippen LogP contribution in [-0.2, 0) is 0 Å². The lowest BCUT2D eigenvalue weighted by Gasteiger charge is -2.09. The van der Waals surface area contributed by atoms with Gasteiger partial charge in [-0.15, -0.1) is 0 Å². The zero-order valence-corrected chi connectivity index (χ0v) is 9.31. The molecule has 1 aromatic carbocycles. The van der Waals surface area contributed by atoms with Gasteiger partial charge in [-0.1, -0.05) is 0 Å². The molecule has 7 heteroatoms. The highest BCUT2D eigenvalue weighted by Crippen LogP contribution is 2.14. The third kappa shape index (κ3) is 2.29. The van der Waals surface area contributed by atoms with E-state index in [1.54, 1.807) is 0 Å². The summed E-state index contributed by atoms with van der Waals surface area (Å²) >= 11 is 0. The van der Waals surface area contributed by atoms with Crippen LogP contribution in [0.5, 0.6) is 0 Å². The Labute approximate surface area is 100 Å². The number of carboxylic acid groups (broad SMARTS) is 1. The maximum absolute atomic E-state index is 12.9. The predicted molar refractivity (Wildman–Crippen MR) is 59.8 cm³/mol. The molecule has 6 nitrogen and oxygen atoms in total. The molecule has 0 aliphatic heterocycles. The Morgan fingerprint density at radius 3 is 2.94 bits per heavy atom. The van der Waals surface area contributed by atoms with Gasteiger partial charge < -0.3 is 14.8 Å². The summed E-state index contributed by atoms with van der Waals surface area (Å²) in [6.45, 7) is 1.48. The SMILES string of the molecule is CC(NC(=O)O)c1nc2ccc(F)cc2c(=O)o1. The molecule has 94 valence electrons. The molecule has 2 N–H and O–H groups in total. The van der Waals surface area contributed by atoms with Gasteiger partial charge >= 0.3 is 11.7 Å². The number of fused-ring (bicyclic) bond motifs is 1. The van der Waals surface area contributed by atoms with Crippen molar-refractivity contribution in [2.24, 2.45) is 0 Å². The number of halogens is 1. The quantitative estimate of drug-likeness (QED) is 0.847. The van der Waals surface area contributed by atoms with Crippen molar-refractivity contribution in [1.29, 1.82) is 0 Å². The summed E-state index contributed by atoms with van der Waals surface area (Å²) in [7, 11) is 0. The molecule has 0 bridgehead atoms. The zero-order chi connectivity index (χ0) is 13.3. The second-order valence-electron chi connectivity index (χ2n) is 3.67. The monoisotopic (exact) mass is 252 g/mol. The van der Waals surface area contributed by atoms with E-state index in [9.17, 15) is 14.0 Å². The van der Waals surface area contributed by atoms with E-state index in [1.807, 2.05) is 0 Å². The van der Waals surface area contributed by atoms with Gasteiger partial charge in [-0.25, -0.2) is 19.0 Å². The highest BCUT2D eigenvalue weighted by Gasteiger charge is 2.15. The molecule has 1 amide bonds. The molecule has 0 radical (unpaired) electrons. The summed E-state index contributed by atoms with van der Waals surface area (Å²) in [6.07, 6.45) is -1.26. The highest BCUT2D eigenvalue weighted by atomic mass is 19.1. The summed E-state index contributed by atoms with van der Waals surface area (Å²) < 4.78 is 17.8. The van der Waals surface area contributed by atoms with Crippen LogP contribution in [0.4, 0.5) is 9.18 Å². The van der Waals surface area contributed by atoms with E-state index in [-0.39, 0.29) is 16.8 Å². The molecule has 0 aliphatic carbocycles. The fourth-order valence-electron chi connectivity index (χ4n) is 1.49. The standard InChI is InChI=1S/C11H9FN2O4/c1-5(13-11(16)17)9-14-8-3-2-6(12)4-7(8)10(15)18-9/h2-5,13H,1H3,(H,16,17). The van der Waals surface area contributed by atoms with Gasteiger partial charge in [0.1, 0.15) is 11.9 Å². The van der Waals surface area contributed by atoms with E-state index in [0.717, 1.165) is 12.1 Å². The Hall–Kier alpha value is -2.44. The number of rotatable bonds is 2. The van der Waals surface area contributed by atoms with Crippen molar-refractivity contribution in [1.82, 2.24) is 10.3 Å². The van der Waals surface area contributed by atoms with Crippen LogP contribution >= 0.6 is 0 Å². The van der Waals surface area contributed by atoms with Gasteiger partial charge in [-0.05, 0) is 25.1 Å². The number of hydrogen-bond donors (Lipinski definition) is 2. The summed E-state index contributed by atoms with van der Waals surface area (Å²) in [4.78, 5) is 26.0. The van der Waals surface area contributed by atoms with E-state index < -0.39 is 23.6 Å². The van der Waals surface area contributed by atoms with Crippen molar-refractivity contribution in [3.63, 3.8) is 0 Å². The molecule has 1 unspecified atom stereocenters. The van der Waals surface area contributed by atoms with Gasteiger partial charge in [0.2, 0.25) is 5.89 Å². The van der Waals surface area contributed by atoms with E-state index >= 15 is 0 Å². The number of benzene rings is 1. The van der Waals surface area contributed by atoms with Gasteiger partial charge in [0.05, 0.1) is 10.9 Å². The maximum atomic E-state index is 12.9. The fourth-order valence-corrected chi connectivity index (χ4v) is 1.49. The molecule has 0 saturated carbocycles. The van der Waals surface area contributed by atoms with Crippen LogP contribution < -0.4 is 10.9 Å². The Balaban J connectivity index is 2.52. The van der Waals surface area contributed by atoms with Crippen molar-refractivity contribution >= 4 is 17.0 Å². The van der Waals surface area contributed by atoms with Crippen LogP contribution in [0.1, 0.15) is 18.9 Å². The van der Waals surface area contributed by atoms with Crippen molar-refractivity contribution in [3.05, 3.63) is 40.3 Å². The molecule has 0 aliphatic rings. The molecule has 0 saturated heterocycles. The molecule has 0 fully saturated rings. The van der Waals surface area contributed by atoms with Crippen molar-refractivity contribution < 1.29 is 18.7 Å². The van der Waals surface area contributed by atoms with Crippen molar-refractivity contribution in [3.8, 4) is 0 Å². The lowest BCUT2D eigenvalue weighted by atomic mass is 10.2. The Morgan fingerprint density at radius 1 is 1.56 bits per heavy atom. The average molecular weight is 252 g/mol. The number of hydrogen-bond acceptors (Lipinski definition) is 4. The first-order valence-corrected chi connectivity index (χ1v) is 5.07. The summed E-state index contributed by atoms with van der Waals surface area (Å²) in [5.74, 6) is -0.637. The lowest BCUT2D eigenvalue weighted by molar-refractivity contribution is 0.188. The van der Waals surface area contributed by atoms with E-state index in [2.05, 4.69) is 10.3 Å². The number of carbonyl (C=O) groups is 1. The minimum Gasteiger partial charge on any atom is -0.465 e. The maximum Gasteiger partial charge on any atom is 0.405 e. The van der Waals surface area contributed by atoms with Gasteiger partial charge in [-0.2, -0.15) is 0 Å². The molecular weight excluding hydrogens is 243 g/mol. The van der Waals surface area contributed by atoms with Crippen LogP contribution in [0.15, 0.2) is 27.4 Å². The third-order valence-electron chi connectivity index (χ3n) is 2.32. The first-order chi connectivity index (χ1) is 8.47. The summed E-state index contributed by atoms with van der Waals surface area (Å²) in [5, 5.41) is 10.7. The van der Waals surface area contributed by atoms with Gasteiger partial charge in [0, 0.05) is 0 Å². The number of amides is 1. The van der Waals surface area contributed by atoms with Crippen LogP contribution in [-0.4, -0.2) is 16.2 Å². The van der Waals surface area contributed by atoms with Gasteiger partial charge in [0.15, 0.2) is 0 Å². The smallest absolute Gasteiger partial charge is 0.405 e. The topological polar surface area (TPSA) is 92.4 Å². The first kappa shape index (κ1) is 12.0. The lowest BCUT2D eigenvalue weighted by Crippen LogP contribution is -2.26. The molecule has 0 spiro atoms. The highest BCUT2D eigenvalue weighted by molar-refractivity contribution is 5.76. The minimum atomic E-state index is -1.26. The third-order valence-corrected chi connectivity index (χ3v) is 2.32. The van der Waals surface area contributed by atoms with Crippen molar-refractivity contribution in [2.75, 3.05) is 0 Å². The molecule has 1 heterocycles. The van der Waals surface area contributed by atoms with Crippen LogP contribution in [0.3, 0.4) is 0 Å². The van der Waals surface area contributed by atoms with E-state index in [1.165, 1.54) is 13.0 Å². The van der Waals surface area contributed by atoms with E-state index in [0.29, 0.717) is 0 Å². The fraction of sp³-hybridized carbons (Fsp3) is 0.182. The molecule has 1 aromatic heterocycles. The zero-order valence-electron chi connectivity index (χ0n) is 9.31. The predicted octanol–water partition coefficient (Wildman–Crippen LogP) is 1.66. The Kier molecular flexibility index (Phi) is 2.97. The van der Waals surface area contributed by atoms with Crippen molar-refractivity contribution in [2.45, 2.75) is 13.0 Å². The largest absolute Gasteiger partial charge is 0.465 e. The molecule has 1 atom stereocenters. The van der Waals surface area contributed by atoms with Crippen LogP contribution in [0.25, 0.3) is 10.9 Å².